The Balaban J connectivity index is 1.93. The molecule has 2 aliphatic rings. The largest absolute Gasteiger partial charge is 0.497 e. The van der Waals surface area contributed by atoms with Crippen LogP contribution in [0.3, 0.4) is 0 Å². The first kappa shape index (κ1) is 14.6. The molecular formula is C16H18BrNO3. The van der Waals surface area contributed by atoms with Crippen molar-refractivity contribution in [1.82, 2.24) is 0 Å². The Hall–Kier alpha value is -1.36. The maximum Gasteiger partial charge on any atom is 0.234 e. The summed E-state index contributed by atoms with van der Waals surface area (Å²) in [6.45, 7) is 0. The van der Waals surface area contributed by atoms with Crippen LogP contribution in [0.4, 0.5) is 5.69 Å². The van der Waals surface area contributed by atoms with E-state index in [2.05, 4.69) is 15.9 Å². The zero-order valence-electron chi connectivity index (χ0n) is 12.0. The lowest BCUT2D eigenvalue weighted by atomic mass is 9.76. The van der Waals surface area contributed by atoms with Crippen LogP contribution >= 0.6 is 15.9 Å². The molecule has 0 bridgehead atoms. The van der Waals surface area contributed by atoms with Crippen LogP contribution in [0.1, 0.15) is 38.5 Å². The summed E-state index contributed by atoms with van der Waals surface area (Å²) in [4.78, 5) is 26.4. The van der Waals surface area contributed by atoms with Crippen molar-refractivity contribution in [2.24, 2.45) is 5.41 Å². The average Bonchev–Trinajstić information content (AvgIpc) is 2.87. The van der Waals surface area contributed by atoms with Crippen LogP contribution in [-0.2, 0) is 9.59 Å². The first-order valence-electron chi connectivity index (χ1n) is 7.24. The number of carbonyl (C=O) groups excluding carboxylic acids is 2. The number of halogens is 1. The number of nitrogens with zero attached hydrogens (tertiary/aromatic N) is 1. The predicted molar refractivity (Wildman–Crippen MR) is 83.3 cm³/mol. The van der Waals surface area contributed by atoms with Gasteiger partial charge < -0.3 is 4.74 Å². The molecular weight excluding hydrogens is 334 g/mol. The molecule has 2 amide bonds. The Morgan fingerprint density at radius 1 is 1.14 bits per heavy atom. The third kappa shape index (κ3) is 2.59. The zero-order chi connectivity index (χ0) is 15.0. The monoisotopic (exact) mass is 351 g/mol. The second-order valence-corrected chi connectivity index (χ2v) is 6.86. The number of anilines is 1. The molecule has 1 heterocycles. The molecule has 2 fully saturated rings. The fraction of sp³-hybridized carbons (Fsp3) is 0.500. The van der Waals surface area contributed by atoms with Crippen molar-refractivity contribution in [2.45, 2.75) is 38.5 Å². The molecule has 4 nitrogen and oxygen atoms in total. The van der Waals surface area contributed by atoms with E-state index < -0.39 is 0 Å². The van der Waals surface area contributed by atoms with Gasteiger partial charge in [-0.15, -0.1) is 0 Å². The zero-order valence-corrected chi connectivity index (χ0v) is 13.6. The number of carbonyl (C=O) groups is 2. The number of methoxy groups -OCH3 is 1. The average molecular weight is 352 g/mol. The number of rotatable bonds is 2. The Labute approximate surface area is 132 Å². The number of benzene rings is 1. The molecule has 5 heteroatoms. The van der Waals surface area contributed by atoms with E-state index in [1.54, 1.807) is 25.3 Å². The molecule has 1 saturated heterocycles. The molecule has 112 valence electrons. The maximum atomic E-state index is 12.6. The Morgan fingerprint density at radius 2 is 1.76 bits per heavy atom. The number of hydrogen-bond donors (Lipinski definition) is 0. The molecule has 0 atom stereocenters. The second kappa shape index (κ2) is 5.44. The van der Waals surface area contributed by atoms with Crippen molar-refractivity contribution < 1.29 is 14.3 Å². The molecule has 0 aromatic heterocycles. The Bertz CT molecular complexity index is 573. The van der Waals surface area contributed by atoms with Crippen LogP contribution in [0.2, 0.25) is 0 Å². The molecule has 1 aliphatic carbocycles. The van der Waals surface area contributed by atoms with Gasteiger partial charge in [0.1, 0.15) is 5.75 Å². The third-order valence-corrected chi connectivity index (χ3v) is 5.28. The van der Waals surface area contributed by atoms with E-state index in [4.69, 9.17) is 4.74 Å². The minimum atomic E-state index is -0.0953. The van der Waals surface area contributed by atoms with Gasteiger partial charge in [0.05, 0.1) is 12.8 Å². The number of imide groups is 1. The van der Waals surface area contributed by atoms with Crippen LogP contribution in [0, 0.1) is 5.41 Å². The van der Waals surface area contributed by atoms with Crippen molar-refractivity contribution in [3.05, 3.63) is 22.7 Å². The number of hydrogen-bond acceptors (Lipinski definition) is 3. The predicted octanol–water partition coefficient (Wildman–Crippen LogP) is 3.67. The summed E-state index contributed by atoms with van der Waals surface area (Å²) in [7, 11) is 1.57. The van der Waals surface area contributed by atoms with E-state index in [1.807, 2.05) is 0 Å². The lowest BCUT2D eigenvalue weighted by Gasteiger charge is -2.37. The Kier molecular flexibility index (Phi) is 3.78. The van der Waals surface area contributed by atoms with Crippen molar-refractivity contribution in [1.29, 1.82) is 0 Å². The highest BCUT2D eigenvalue weighted by atomic mass is 79.9. The molecule has 1 aromatic carbocycles. The first-order valence-corrected chi connectivity index (χ1v) is 8.03. The third-order valence-electron chi connectivity index (χ3n) is 4.61. The summed E-state index contributed by atoms with van der Waals surface area (Å²) in [5, 5.41) is 0. The van der Waals surface area contributed by atoms with E-state index >= 15 is 0 Å². The van der Waals surface area contributed by atoms with Crippen molar-refractivity contribution in [3.63, 3.8) is 0 Å². The van der Waals surface area contributed by atoms with Gasteiger partial charge in [0.25, 0.3) is 0 Å². The van der Waals surface area contributed by atoms with Crippen LogP contribution in [0.25, 0.3) is 0 Å². The highest BCUT2D eigenvalue weighted by Crippen LogP contribution is 2.48. The number of amides is 2. The van der Waals surface area contributed by atoms with Gasteiger partial charge in [-0.25, -0.2) is 4.90 Å². The van der Waals surface area contributed by atoms with Gasteiger partial charge in [-0.2, -0.15) is 0 Å². The standard InChI is InChI=1S/C16H18BrNO3/c1-21-11-4-5-12(17)13(8-11)18-14(19)9-16(10-15(18)20)6-2-3-7-16/h4-5,8H,2-3,6-7,9-10H2,1H3. The van der Waals surface area contributed by atoms with E-state index in [9.17, 15) is 9.59 Å². The topological polar surface area (TPSA) is 46.6 Å². The summed E-state index contributed by atoms with van der Waals surface area (Å²) in [5.74, 6) is 0.444. The van der Waals surface area contributed by atoms with Gasteiger partial charge in [-0.05, 0) is 46.3 Å². The first-order chi connectivity index (χ1) is 10.0. The van der Waals surface area contributed by atoms with Crippen LogP contribution in [0.15, 0.2) is 22.7 Å². The summed E-state index contributed by atoms with van der Waals surface area (Å²) in [6.07, 6.45) is 5.20. The highest BCUT2D eigenvalue weighted by Gasteiger charge is 2.45. The molecule has 1 saturated carbocycles. The van der Waals surface area contributed by atoms with E-state index in [0.717, 1.165) is 30.2 Å². The smallest absolute Gasteiger partial charge is 0.234 e. The molecule has 0 unspecified atom stereocenters. The van der Waals surface area contributed by atoms with Gasteiger partial charge in [0, 0.05) is 23.4 Å². The molecule has 3 rings (SSSR count). The van der Waals surface area contributed by atoms with Gasteiger partial charge >= 0.3 is 0 Å². The molecule has 0 radical (unpaired) electrons. The second-order valence-electron chi connectivity index (χ2n) is 6.00. The lowest BCUT2D eigenvalue weighted by molar-refractivity contribution is -0.133. The molecule has 1 spiro atoms. The lowest BCUT2D eigenvalue weighted by Crippen LogP contribution is -2.47. The number of piperidine rings is 1. The minimum absolute atomic E-state index is 0.0734. The normalized spacial score (nSPS) is 21.1. The summed E-state index contributed by atoms with van der Waals surface area (Å²) < 4.78 is 5.92. The van der Waals surface area contributed by atoms with Crippen LogP contribution < -0.4 is 9.64 Å². The maximum absolute atomic E-state index is 12.6. The fourth-order valence-electron chi connectivity index (χ4n) is 3.54. The van der Waals surface area contributed by atoms with E-state index in [0.29, 0.717) is 24.3 Å². The van der Waals surface area contributed by atoms with Crippen LogP contribution in [0.5, 0.6) is 5.75 Å². The molecule has 1 aliphatic heterocycles. The van der Waals surface area contributed by atoms with E-state index in [-0.39, 0.29) is 17.2 Å². The van der Waals surface area contributed by atoms with Gasteiger partial charge in [-0.3, -0.25) is 9.59 Å². The van der Waals surface area contributed by atoms with E-state index in [1.165, 1.54) is 4.90 Å². The van der Waals surface area contributed by atoms with Gasteiger partial charge in [0.15, 0.2) is 0 Å². The molecule has 1 aromatic rings. The quantitative estimate of drug-likeness (QED) is 0.763. The van der Waals surface area contributed by atoms with Gasteiger partial charge in [0.2, 0.25) is 11.8 Å². The fourth-order valence-corrected chi connectivity index (χ4v) is 3.96. The minimum Gasteiger partial charge on any atom is -0.497 e. The van der Waals surface area contributed by atoms with Crippen molar-refractivity contribution >= 4 is 33.4 Å². The Morgan fingerprint density at radius 3 is 2.33 bits per heavy atom. The summed E-state index contributed by atoms with van der Waals surface area (Å²) in [5.41, 5.74) is 0.507. The summed E-state index contributed by atoms with van der Waals surface area (Å²) in [6, 6.07) is 5.33. The highest BCUT2D eigenvalue weighted by molar-refractivity contribution is 9.10. The van der Waals surface area contributed by atoms with Crippen molar-refractivity contribution in [3.8, 4) is 5.75 Å². The molecule has 0 N–H and O–H groups in total. The summed E-state index contributed by atoms with van der Waals surface area (Å²) >= 11 is 3.42. The van der Waals surface area contributed by atoms with Gasteiger partial charge in [-0.1, -0.05) is 12.8 Å². The number of ether oxygens (including phenoxy) is 1. The van der Waals surface area contributed by atoms with Crippen molar-refractivity contribution in [2.75, 3.05) is 12.0 Å². The van der Waals surface area contributed by atoms with Crippen LogP contribution in [-0.4, -0.2) is 18.9 Å². The molecule has 21 heavy (non-hydrogen) atoms. The SMILES string of the molecule is COc1ccc(Br)c(N2C(=O)CC3(CCCC3)CC2=O)c1.